The minimum Gasteiger partial charge on any atom is -0.294 e. The third-order valence-corrected chi connectivity index (χ3v) is 1.43. The summed E-state index contributed by atoms with van der Waals surface area (Å²) >= 11 is 3.11. The minimum absolute atomic E-state index is 0.151. The van der Waals surface area contributed by atoms with Gasteiger partial charge in [0, 0.05) is 0 Å². The molecule has 60 valence electrons. The molecule has 1 amide bonds. The number of aromatic nitrogens is 3. The lowest BCUT2D eigenvalue weighted by molar-refractivity contribution is -0.115. The lowest BCUT2D eigenvalue weighted by atomic mass is 10.4. The van der Waals surface area contributed by atoms with Crippen LogP contribution in [0, 0.1) is 0 Å². The van der Waals surface area contributed by atoms with E-state index in [2.05, 4.69) is 36.4 Å². The van der Waals surface area contributed by atoms with Crippen molar-refractivity contribution in [2.75, 3.05) is 5.32 Å². The standard InChI is InChI=1S/C5H7BrN4O/c1-3(6)4(11)9-5-7-2-8-10-5/h2-3H,1H3,(H2,7,8,9,10,11). The first-order valence-corrected chi connectivity index (χ1v) is 3.92. The van der Waals surface area contributed by atoms with Crippen molar-refractivity contribution in [3.05, 3.63) is 6.33 Å². The van der Waals surface area contributed by atoms with Crippen molar-refractivity contribution in [2.45, 2.75) is 11.8 Å². The Morgan fingerprint density at radius 2 is 2.64 bits per heavy atom. The Bertz CT molecular complexity index is 233. The predicted molar refractivity (Wildman–Crippen MR) is 43.4 cm³/mol. The van der Waals surface area contributed by atoms with Gasteiger partial charge < -0.3 is 0 Å². The number of carbonyl (C=O) groups excluding carboxylic acids is 1. The molecule has 0 radical (unpaired) electrons. The molecule has 1 heterocycles. The van der Waals surface area contributed by atoms with Crippen LogP contribution in [-0.4, -0.2) is 25.9 Å². The summed E-state index contributed by atoms with van der Waals surface area (Å²) in [5.74, 6) is 0.211. The van der Waals surface area contributed by atoms with E-state index in [1.165, 1.54) is 6.33 Å². The summed E-state index contributed by atoms with van der Waals surface area (Å²) in [6, 6.07) is 0. The van der Waals surface area contributed by atoms with E-state index in [0.717, 1.165) is 0 Å². The van der Waals surface area contributed by atoms with Crippen LogP contribution in [-0.2, 0) is 4.79 Å². The Balaban J connectivity index is 2.50. The van der Waals surface area contributed by atoms with Gasteiger partial charge in [-0.15, -0.1) is 0 Å². The van der Waals surface area contributed by atoms with E-state index in [1.807, 2.05) is 0 Å². The number of nitrogens with one attached hydrogen (secondary N) is 2. The summed E-state index contributed by atoms with van der Waals surface area (Å²) in [5.41, 5.74) is 0. The lowest BCUT2D eigenvalue weighted by Crippen LogP contribution is -2.20. The topological polar surface area (TPSA) is 70.7 Å². The van der Waals surface area contributed by atoms with Crippen molar-refractivity contribution >= 4 is 27.8 Å². The highest BCUT2D eigenvalue weighted by atomic mass is 79.9. The Morgan fingerprint density at radius 1 is 1.91 bits per heavy atom. The molecule has 0 aliphatic rings. The van der Waals surface area contributed by atoms with Crippen molar-refractivity contribution in [3.8, 4) is 0 Å². The SMILES string of the molecule is CC(Br)C(=O)Nc1ncn[nH]1. The summed E-state index contributed by atoms with van der Waals surface area (Å²) in [6.07, 6.45) is 1.33. The number of hydrogen-bond donors (Lipinski definition) is 2. The first-order chi connectivity index (χ1) is 5.20. The number of nitrogens with zero attached hydrogens (tertiary/aromatic N) is 2. The molecule has 1 rings (SSSR count). The van der Waals surface area contributed by atoms with E-state index in [0.29, 0.717) is 5.95 Å². The van der Waals surface area contributed by atoms with Crippen molar-refractivity contribution in [1.29, 1.82) is 0 Å². The Labute approximate surface area is 71.7 Å². The number of rotatable bonds is 2. The van der Waals surface area contributed by atoms with Gasteiger partial charge in [-0.1, -0.05) is 15.9 Å². The fourth-order valence-corrected chi connectivity index (χ4v) is 0.596. The zero-order chi connectivity index (χ0) is 8.27. The second-order valence-electron chi connectivity index (χ2n) is 1.94. The molecular weight excluding hydrogens is 212 g/mol. The van der Waals surface area contributed by atoms with E-state index in [1.54, 1.807) is 6.92 Å². The maximum absolute atomic E-state index is 11.0. The molecule has 0 saturated heterocycles. The molecule has 0 aliphatic carbocycles. The third-order valence-electron chi connectivity index (χ3n) is 1.02. The molecule has 0 aromatic carbocycles. The molecule has 0 bridgehead atoms. The highest BCUT2D eigenvalue weighted by Gasteiger charge is 2.09. The molecule has 0 aliphatic heterocycles. The highest BCUT2D eigenvalue weighted by Crippen LogP contribution is 2.01. The third kappa shape index (κ3) is 2.30. The number of aromatic amines is 1. The summed E-state index contributed by atoms with van der Waals surface area (Å²) in [6.45, 7) is 1.73. The van der Waals surface area contributed by atoms with E-state index in [-0.39, 0.29) is 10.7 Å². The van der Waals surface area contributed by atoms with Gasteiger partial charge in [0.25, 0.3) is 0 Å². The van der Waals surface area contributed by atoms with Gasteiger partial charge in [0.05, 0.1) is 4.83 Å². The first kappa shape index (κ1) is 8.19. The molecular formula is C5H7BrN4O. The number of halogens is 1. The number of anilines is 1. The lowest BCUT2D eigenvalue weighted by Gasteiger charge is -2.00. The monoisotopic (exact) mass is 218 g/mol. The largest absolute Gasteiger partial charge is 0.294 e. The van der Waals surface area contributed by atoms with Gasteiger partial charge in [-0.05, 0) is 6.92 Å². The van der Waals surface area contributed by atoms with Gasteiger partial charge in [-0.2, -0.15) is 10.1 Å². The second-order valence-corrected chi connectivity index (χ2v) is 3.31. The summed E-state index contributed by atoms with van der Waals surface area (Å²) < 4.78 is 0. The molecule has 1 aromatic rings. The average Bonchev–Trinajstić information content (AvgIpc) is 2.39. The molecule has 1 unspecified atom stereocenters. The van der Waals surface area contributed by atoms with Crippen LogP contribution in [0.1, 0.15) is 6.92 Å². The van der Waals surface area contributed by atoms with Gasteiger partial charge >= 0.3 is 0 Å². The van der Waals surface area contributed by atoms with Crippen LogP contribution in [0.5, 0.6) is 0 Å². The molecule has 0 saturated carbocycles. The Morgan fingerprint density at radius 3 is 3.09 bits per heavy atom. The molecule has 1 aromatic heterocycles. The fraction of sp³-hybridized carbons (Fsp3) is 0.400. The molecule has 2 N–H and O–H groups in total. The van der Waals surface area contributed by atoms with Gasteiger partial charge in [0.15, 0.2) is 0 Å². The molecule has 0 spiro atoms. The van der Waals surface area contributed by atoms with Gasteiger partial charge in [0.1, 0.15) is 6.33 Å². The zero-order valence-corrected chi connectivity index (χ0v) is 7.42. The average molecular weight is 219 g/mol. The van der Waals surface area contributed by atoms with E-state index >= 15 is 0 Å². The Hall–Kier alpha value is -0.910. The quantitative estimate of drug-likeness (QED) is 0.712. The predicted octanol–water partition coefficient (Wildman–Crippen LogP) is 0.527. The summed E-state index contributed by atoms with van der Waals surface area (Å²) in [7, 11) is 0. The molecule has 0 fully saturated rings. The number of H-pyrrole nitrogens is 1. The second kappa shape index (κ2) is 3.47. The van der Waals surface area contributed by atoms with Crippen LogP contribution in [0.25, 0.3) is 0 Å². The highest BCUT2D eigenvalue weighted by molar-refractivity contribution is 9.10. The van der Waals surface area contributed by atoms with Crippen LogP contribution in [0.2, 0.25) is 0 Å². The van der Waals surface area contributed by atoms with Gasteiger partial charge in [-0.3, -0.25) is 10.1 Å². The summed E-state index contributed by atoms with van der Waals surface area (Å²) in [5, 5.41) is 8.58. The number of hydrogen-bond acceptors (Lipinski definition) is 3. The van der Waals surface area contributed by atoms with Crippen LogP contribution in [0.15, 0.2) is 6.33 Å². The van der Waals surface area contributed by atoms with Gasteiger partial charge in [-0.25, -0.2) is 5.10 Å². The zero-order valence-electron chi connectivity index (χ0n) is 5.84. The first-order valence-electron chi connectivity index (χ1n) is 3.00. The smallest absolute Gasteiger partial charge is 0.240 e. The van der Waals surface area contributed by atoms with Crippen molar-refractivity contribution in [3.63, 3.8) is 0 Å². The minimum atomic E-state index is -0.229. The van der Waals surface area contributed by atoms with Crippen molar-refractivity contribution in [2.24, 2.45) is 0 Å². The molecule has 6 heteroatoms. The van der Waals surface area contributed by atoms with Crippen molar-refractivity contribution < 1.29 is 4.79 Å². The Kier molecular flexibility index (Phi) is 2.58. The van der Waals surface area contributed by atoms with Crippen LogP contribution in [0.4, 0.5) is 5.95 Å². The summed E-state index contributed by atoms with van der Waals surface area (Å²) in [4.78, 5) is 14.5. The van der Waals surface area contributed by atoms with Crippen LogP contribution < -0.4 is 5.32 Å². The van der Waals surface area contributed by atoms with Crippen LogP contribution in [0.3, 0.4) is 0 Å². The maximum atomic E-state index is 11.0. The van der Waals surface area contributed by atoms with E-state index in [4.69, 9.17) is 0 Å². The van der Waals surface area contributed by atoms with Gasteiger partial charge in [0.2, 0.25) is 11.9 Å². The van der Waals surface area contributed by atoms with E-state index < -0.39 is 0 Å². The molecule has 5 nitrogen and oxygen atoms in total. The number of alkyl halides is 1. The maximum Gasteiger partial charge on any atom is 0.240 e. The fourth-order valence-electron chi connectivity index (χ4n) is 0.482. The van der Waals surface area contributed by atoms with Crippen molar-refractivity contribution in [1.82, 2.24) is 15.2 Å². The molecule has 1 atom stereocenters. The van der Waals surface area contributed by atoms with Crippen LogP contribution >= 0.6 is 15.9 Å². The molecule has 11 heavy (non-hydrogen) atoms. The normalized spacial score (nSPS) is 12.5. The number of amides is 1. The van der Waals surface area contributed by atoms with E-state index in [9.17, 15) is 4.79 Å². The number of carbonyl (C=O) groups is 1.